The topological polar surface area (TPSA) is 34.9 Å². The average molecular weight is 239 g/mol. The van der Waals surface area contributed by atoms with E-state index in [1.807, 2.05) is 18.2 Å². The van der Waals surface area contributed by atoms with Crippen LogP contribution in [0.3, 0.4) is 0 Å². The number of benzene rings is 1. The lowest BCUT2D eigenvalue weighted by molar-refractivity contribution is 0.827. The van der Waals surface area contributed by atoms with E-state index < -0.39 is 0 Å². The number of aryl methyl sites for hydroxylation is 1. The minimum Gasteiger partial charge on any atom is -0.302 e. The molecule has 1 heterocycles. The van der Waals surface area contributed by atoms with Gasteiger partial charge in [0.05, 0.1) is 5.52 Å². The Kier molecular flexibility index (Phi) is 1.92. The van der Waals surface area contributed by atoms with Gasteiger partial charge < -0.3 is 4.57 Å². The van der Waals surface area contributed by atoms with Crippen LogP contribution in [0.4, 0.5) is 0 Å². The Bertz CT molecular complexity index is 518. The van der Waals surface area contributed by atoms with Gasteiger partial charge in [0.1, 0.15) is 0 Å². The molecule has 4 heteroatoms. The standard InChI is InChI=1S/C9H7BrN2O/c1-12-5-6-4-7(10)2-3-8(6)11-9(12)13/h2-5H,1H3. The molecule has 0 aliphatic carbocycles. The summed E-state index contributed by atoms with van der Waals surface area (Å²) in [5.41, 5.74) is 0.501. The number of hydrogen-bond acceptors (Lipinski definition) is 2. The first-order valence-electron chi connectivity index (χ1n) is 3.80. The van der Waals surface area contributed by atoms with Gasteiger partial charge in [-0.05, 0) is 18.2 Å². The highest BCUT2D eigenvalue weighted by molar-refractivity contribution is 9.10. The summed E-state index contributed by atoms with van der Waals surface area (Å²) >= 11 is 3.36. The molecule has 0 bridgehead atoms. The summed E-state index contributed by atoms with van der Waals surface area (Å²) in [5.74, 6) is 0. The SMILES string of the molecule is Cn1cc2cc(Br)ccc2nc1=O. The maximum atomic E-state index is 11.2. The van der Waals surface area contributed by atoms with Crippen molar-refractivity contribution in [2.45, 2.75) is 0 Å². The number of fused-ring (bicyclic) bond motifs is 1. The van der Waals surface area contributed by atoms with Crippen LogP contribution in [0.2, 0.25) is 0 Å². The Morgan fingerprint density at radius 1 is 1.46 bits per heavy atom. The van der Waals surface area contributed by atoms with Crippen molar-refractivity contribution in [1.29, 1.82) is 0 Å². The van der Waals surface area contributed by atoms with Crippen LogP contribution < -0.4 is 5.69 Å². The number of nitrogens with zero attached hydrogens (tertiary/aromatic N) is 2. The number of halogens is 1. The van der Waals surface area contributed by atoms with E-state index in [9.17, 15) is 4.79 Å². The number of hydrogen-bond donors (Lipinski definition) is 0. The molecule has 0 unspecified atom stereocenters. The van der Waals surface area contributed by atoms with Crippen molar-refractivity contribution in [3.05, 3.63) is 39.4 Å². The first kappa shape index (κ1) is 8.44. The van der Waals surface area contributed by atoms with E-state index in [2.05, 4.69) is 20.9 Å². The van der Waals surface area contributed by atoms with E-state index in [1.165, 1.54) is 4.57 Å². The Balaban J connectivity index is 2.89. The van der Waals surface area contributed by atoms with E-state index in [0.29, 0.717) is 0 Å². The van der Waals surface area contributed by atoms with Crippen molar-refractivity contribution in [2.75, 3.05) is 0 Å². The molecule has 0 saturated carbocycles. The molecule has 0 fully saturated rings. The molecule has 0 N–H and O–H groups in total. The molecule has 2 aromatic rings. The van der Waals surface area contributed by atoms with E-state index in [0.717, 1.165) is 15.4 Å². The second kappa shape index (κ2) is 2.96. The largest absolute Gasteiger partial charge is 0.347 e. The molecule has 1 aromatic heterocycles. The van der Waals surface area contributed by atoms with E-state index in [1.54, 1.807) is 13.2 Å². The third kappa shape index (κ3) is 1.49. The molecule has 0 spiro atoms. The molecule has 1 aromatic carbocycles. The van der Waals surface area contributed by atoms with Gasteiger partial charge in [0.25, 0.3) is 0 Å². The predicted octanol–water partition coefficient (Wildman–Crippen LogP) is 1.70. The summed E-state index contributed by atoms with van der Waals surface area (Å²) in [4.78, 5) is 15.1. The van der Waals surface area contributed by atoms with Gasteiger partial charge in [-0.3, -0.25) is 0 Å². The zero-order valence-corrected chi connectivity index (χ0v) is 8.58. The first-order valence-corrected chi connectivity index (χ1v) is 4.59. The van der Waals surface area contributed by atoms with Crippen molar-refractivity contribution < 1.29 is 0 Å². The monoisotopic (exact) mass is 238 g/mol. The maximum Gasteiger partial charge on any atom is 0.347 e. The van der Waals surface area contributed by atoms with Crippen molar-refractivity contribution in [3.8, 4) is 0 Å². The lowest BCUT2D eigenvalue weighted by atomic mass is 10.2. The number of rotatable bonds is 0. The van der Waals surface area contributed by atoms with Crippen LogP contribution in [0.15, 0.2) is 33.7 Å². The van der Waals surface area contributed by atoms with Crippen LogP contribution in [-0.2, 0) is 7.05 Å². The van der Waals surface area contributed by atoms with Crippen LogP contribution in [0.1, 0.15) is 0 Å². The van der Waals surface area contributed by atoms with E-state index in [4.69, 9.17) is 0 Å². The molecule has 0 aliphatic rings. The molecule has 0 radical (unpaired) electrons. The molecule has 0 amide bonds. The van der Waals surface area contributed by atoms with Gasteiger partial charge in [-0.2, -0.15) is 4.98 Å². The Morgan fingerprint density at radius 3 is 3.00 bits per heavy atom. The summed E-state index contributed by atoms with van der Waals surface area (Å²) in [5, 5.41) is 0.955. The quantitative estimate of drug-likeness (QED) is 0.701. The molecule has 66 valence electrons. The third-order valence-corrected chi connectivity index (χ3v) is 2.33. The average Bonchev–Trinajstić information content (AvgIpc) is 2.08. The van der Waals surface area contributed by atoms with Crippen molar-refractivity contribution in [3.63, 3.8) is 0 Å². The van der Waals surface area contributed by atoms with Crippen LogP contribution in [-0.4, -0.2) is 9.55 Å². The zero-order chi connectivity index (χ0) is 9.42. The normalized spacial score (nSPS) is 10.6. The molecule has 13 heavy (non-hydrogen) atoms. The molecule has 0 atom stereocenters. The number of aromatic nitrogens is 2. The van der Waals surface area contributed by atoms with Crippen LogP contribution >= 0.6 is 15.9 Å². The predicted molar refractivity (Wildman–Crippen MR) is 54.7 cm³/mol. The van der Waals surface area contributed by atoms with Gasteiger partial charge in [-0.1, -0.05) is 15.9 Å². The molecule has 0 saturated heterocycles. The highest BCUT2D eigenvalue weighted by Gasteiger charge is 1.98. The van der Waals surface area contributed by atoms with Crippen molar-refractivity contribution in [1.82, 2.24) is 9.55 Å². The van der Waals surface area contributed by atoms with Crippen LogP contribution in [0.25, 0.3) is 10.9 Å². The summed E-state index contributed by atoms with van der Waals surface area (Å²) in [7, 11) is 1.69. The van der Waals surface area contributed by atoms with E-state index >= 15 is 0 Å². The van der Waals surface area contributed by atoms with Gasteiger partial charge in [0, 0.05) is 23.1 Å². The molecule has 2 rings (SSSR count). The van der Waals surface area contributed by atoms with Crippen LogP contribution in [0.5, 0.6) is 0 Å². The Labute approximate surface area is 83.2 Å². The molecular formula is C9H7BrN2O. The fraction of sp³-hybridized carbons (Fsp3) is 0.111. The highest BCUT2D eigenvalue weighted by Crippen LogP contribution is 2.16. The smallest absolute Gasteiger partial charge is 0.302 e. The van der Waals surface area contributed by atoms with Crippen molar-refractivity contribution in [2.24, 2.45) is 7.05 Å². The summed E-state index contributed by atoms with van der Waals surface area (Å²) in [6.45, 7) is 0. The molecule has 0 aliphatic heterocycles. The van der Waals surface area contributed by atoms with E-state index in [-0.39, 0.29) is 5.69 Å². The summed E-state index contributed by atoms with van der Waals surface area (Å²) in [6, 6.07) is 5.62. The third-order valence-electron chi connectivity index (χ3n) is 1.84. The Hall–Kier alpha value is -1.16. The summed E-state index contributed by atoms with van der Waals surface area (Å²) in [6.07, 6.45) is 1.77. The first-order chi connectivity index (χ1) is 6.16. The maximum absolute atomic E-state index is 11.2. The van der Waals surface area contributed by atoms with Gasteiger partial charge in [0.15, 0.2) is 0 Å². The molecule has 3 nitrogen and oxygen atoms in total. The Morgan fingerprint density at radius 2 is 2.23 bits per heavy atom. The summed E-state index contributed by atoms with van der Waals surface area (Å²) < 4.78 is 2.45. The fourth-order valence-electron chi connectivity index (χ4n) is 1.18. The lowest BCUT2D eigenvalue weighted by Crippen LogP contribution is -2.18. The van der Waals surface area contributed by atoms with Gasteiger partial charge in [0.2, 0.25) is 0 Å². The second-order valence-corrected chi connectivity index (χ2v) is 3.75. The van der Waals surface area contributed by atoms with Gasteiger partial charge >= 0.3 is 5.69 Å². The second-order valence-electron chi connectivity index (χ2n) is 2.84. The fourth-order valence-corrected chi connectivity index (χ4v) is 1.56. The van der Waals surface area contributed by atoms with Crippen molar-refractivity contribution >= 4 is 26.8 Å². The highest BCUT2D eigenvalue weighted by atomic mass is 79.9. The zero-order valence-electron chi connectivity index (χ0n) is 6.99. The lowest BCUT2D eigenvalue weighted by Gasteiger charge is -1.99. The van der Waals surface area contributed by atoms with Gasteiger partial charge in [-0.25, -0.2) is 4.79 Å². The van der Waals surface area contributed by atoms with Gasteiger partial charge in [-0.15, -0.1) is 0 Å². The minimum atomic E-state index is -0.227. The minimum absolute atomic E-state index is 0.227. The molecular weight excluding hydrogens is 232 g/mol. The van der Waals surface area contributed by atoms with Crippen LogP contribution in [0, 0.1) is 0 Å².